The smallest absolute Gasteiger partial charge is 0.226 e. The number of rotatable bonds is 7. The molecule has 9 nitrogen and oxygen atoms in total. The number of amides is 1. The largest absolute Gasteiger partial charge is 0.392 e. The van der Waals surface area contributed by atoms with Crippen LogP contribution in [0.2, 0.25) is 10.0 Å². The number of benzene rings is 2. The summed E-state index contributed by atoms with van der Waals surface area (Å²) in [4.78, 5) is 28.8. The molecule has 0 saturated carbocycles. The molecule has 0 aliphatic carbocycles. The Morgan fingerprint density at radius 1 is 1.11 bits per heavy atom. The third-order valence-electron chi connectivity index (χ3n) is 7.01. The molecule has 0 bridgehead atoms. The molecule has 1 fully saturated rings. The Labute approximate surface area is 230 Å². The number of aliphatic hydroxyl groups excluding tert-OH is 1. The molecule has 1 atom stereocenters. The van der Waals surface area contributed by atoms with Gasteiger partial charge in [0, 0.05) is 41.3 Å². The number of piperidine rings is 1. The molecule has 5 rings (SSSR count). The van der Waals surface area contributed by atoms with Gasteiger partial charge in [-0.2, -0.15) is 9.97 Å². The fourth-order valence-corrected chi connectivity index (χ4v) is 4.94. The van der Waals surface area contributed by atoms with Crippen molar-refractivity contribution in [3.05, 3.63) is 58.6 Å². The van der Waals surface area contributed by atoms with Crippen molar-refractivity contribution in [2.75, 3.05) is 29.9 Å². The predicted molar refractivity (Wildman–Crippen MR) is 151 cm³/mol. The lowest BCUT2D eigenvalue weighted by atomic mass is 9.80. The normalized spacial score (nSPS) is 16.0. The van der Waals surface area contributed by atoms with E-state index in [1.54, 1.807) is 6.92 Å². The molecule has 1 aliphatic heterocycles. The van der Waals surface area contributed by atoms with Crippen molar-refractivity contribution in [3.8, 4) is 17.1 Å². The van der Waals surface area contributed by atoms with E-state index in [4.69, 9.17) is 43.9 Å². The topological polar surface area (TPSA) is 122 Å². The molecule has 2 aromatic heterocycles. The Balaban J connectivity index is 1.73. The summed E-state index contributed by atoms with van der Waals surface area (Å²) in [7, 11) is 0. The van der Waals surface area contributed by atoms with Gasteiger partial charge in [0.25, 0.3) is 0 Å². The van der Waals surface area contributed by atoms with Gasteiger partial charge in [0.05, 0.1) is 11.1 Å². The second-order valence-electron chi connectivity index (χ2n) is 9.91. The molecule has 11 heteroatoms. The molecular weight excluding hydrogens is 525 g/mol. The summed E-state index contributed by atoms with van der Waals surface area (Å²) in [6.07, 6.45) is 0.600. The number of halogens is 2. The number of aliphatic hydroxyl groups is 1. The molecule has 0 spiro atoms. The highest BCUT2D eigenvalue weighted by Crippen LogP contribution is 2.38. The maximum atomic E-state index is 12.1. The van der Waals surface area contributed by atoms with E-state index in [2.05, 4.69) is 10.2 Å². The number of carbonyl (C=O) groups excluding carboxylic acids is 1. The molecule has 4 aromatic rings. The Morgan fingerprint density at radius 3 is 2.42 bits per heavy atom. The van der Waals surface area contributed by atoms with Crippen molar-refractivity contribution in [2.24, 2.45) is 11.1 Å². The monoisotopic (exact) mass is 553 g/mol. The van der Waals surface area contributed by atoms with Crippen molar-refractivity contribution >= 4 is 52.0 Å². The van der Waals surface area contributed by atoms with Crippen molar-refractivity contribution in [1.82, 2.24) is 19.5 Å². The third kappa shape index (κ3) is 5.01. The van der Waals surface area contributed by atoms with Gasteiger partial charge in [-0.15, -0.1) is 0 Å². The fourth-order valence-electron chi connectivity index (χ4n) is 4.60. The van der Waals surface area contributed by atoms with Crippen LogP contribution in [0.5, 0.6) is 0 Å². The summed E-state index contributed by atoms with van der Waals surface area (Å²) >= 11 is 12.8. The summed E-state index contributed by atoms with van der Waals surface area (Å²) in [6, 6.07) is 14.9. The first-order valence-electron chi connectivity index (χ1n) is 12.4. The maximum Gasteiger partial charge on any atom is 0.226 e. The van der Waals surface area contributed by atoms with Crippen LogP contribution in [0.25, 0.3) is 28.2 Å². The summed E-state index contributed by atoms with van der Waals surface area (Å²) in [5.41, 5.74) is 7.84. The van der Waals surface area contributed by atoms with Gasteiger partial charge < -0.3 is 21.1 Å². The molecule has 1 amide bonds. The number of aromatic nitrogens is 4. The highest BCUT2D eigenvalue weighted by atomic mass is 35.5. The molecule has 0 unspecified atom stereocenters. The Kier molecular flexibility index (Phi) is 7.17. The van der Waals surface area contributed by atoms with E-state index in [0.29, 0.717) is 64.7 Å². The molecule has 4 N–H and O–H groups in total. The van der Waals surface area contributed by atoms with Crippen LogP contribution in [0.15, 0.2) is 48.5 Å². The first-order valence-corrected chi connectivity index (χ1v) is 13.2. The number of primary amides is 1. The van der Waals surface area contributed by atoms with Crippen LogP contribution in [0.3, 0.4) is 0 Å². The van der Waals surface area contributed by atoms with Gasteiger partial charge in [-0.3, -0.25) is 9.36 Å². The van der Waals surface area contributed by atoms with Gasteiger partial charge in [-0.25, -0.2) is 4.98 Å². The van der Waals surface area contributed by atoms with Crippen molar-refractivity contribution in [3.63, 3.8) is 0 Å². The van der Waals surface area contributed by atoms with Gasteiger partial charge in [-0.1, -0.05) is 42.3 Å². The first kappa shape index (κ1) is 26.2. The van der Waals surface area contributed by atoms with E-state index in [1.165, 1.54) is 0 Å². The minimum Gasteiger partial charge on any atom is -0.392 e. The van der Waals surface area contributed by atoms with Gasteiger partial charge in [0.15, 0.2) is 17.0 Å². The van der Waals surface area contributed by atoms with E-state index < -0.39 is 11.5 Å². The minimum atomic E-state index is -0.594. The van der Waals surface area contributed by atoms with Crippen LogP contribution in [-0.4, -0.2) is 56.3 Å². The molecule has 3 heterocycles. The van der Waals surface area contributed by atoms with Gasteiger partial charge in [0.1, 0.15) is 5.82 Å². The molecule has 38 heavy (non-hydrogen) atoms. The number of hydrogen-bond donors (Lipinski definition) is 3. The average Bonchev–Trinajstić information content (AvgIpc) is 3.27. The zero-order valence-electron chi connectivity index (χ0n) is 21.2. The standard InChI is InChI=1S/C27H29Cl2N7O2/c1-16(37)15-31-26-33-23(35-13-11-27(2,12-14-35)25(30)38)21-24(34-26)36(18-9-7-17(28)8-10-18)22(32-21)19-5-3-4-6-20(19)29/h3-10,16,37H,11-15H2,1-2H3,(H2,30,38)(H,31,33,34)/t16-/m1/s1. The SMILES string of the molecule is C[C@@H](O)CNc1nc(N2CCC(C)(C(N)=O)CC2)c2nc(-c3ccccc3Cl)n(-c3ccc(Cl)cc3)c2n1. The van der Waals surface area contributed by atoms with Crippen molar-refractivity contribution in [2.45, 2.75) is 32.8 Å². The number of nitrogens with one attached hydrogen (secondary N) is 1. The molecule has 1 saturated heterocycles. The highest BCUT2D eigenvalue weighted by molar-refractivity contribution is 6.33. The number of fused-ring (bicyclic) bond motifs is 1. The van der Waals surface area contributed by atoms with Crippen LogP contribution in [-0.2, 0) is 4.79 Å². The number of imidazole rings is 1. The lowest BCUT2D eigenvalue weighted by Crippen LogP contribution is -2.45. The summed E-state index contributed by atoms with van der Waals surface area (Å²) in [5, 5.41) is 14.2. The van der Waals surface area contributed by atoms with Crippen LogP contribution >= 0.6 is 23.2 Å². The van der Waals surface area contributed by atoms with Crippen molar-refractivity contribution in [1.29, 1.82) is 0 Å². The summed E-state index contributed by atoms with van der Waals surface area (Å²) < 4.78 is 1.93. The van der Waals surface area contributed by atoms with Crippen molar-refractivity contribution < 1.29 is 9.90 Å². The minimum absolute atomic E-state index is 0.275. The first-order chi connectivity index (χ1) is 18.2. The van der Waals surface area contributed by atoms with Crippen LogP contribution in [0.4, 0.5) is 11.8 Å². The van der Waals surface area contributed by atoms with Gasteiger partial charge in [-0.05, 0) is 56.2 Å². The Bertz CT molecular complexity index is 1480. The molecular formula is C27H29Cl2N7O2. The number of carbonyl (C=O) groups is 1. The van der Waals surface area contributed by atoms with Gasteiger partial charge >= 0.3 is 0 Å². The zero-order chi connectivity index (χ0) is 27.0. The lowest BCUT2D eigenvalue weighted by molar-refractivity contribution is -0.127. The third-order valence-corrected chi connectivity index (χ3v) is 7.59. The number of anilines is 2. The lowest BCUT2D eigenvalue weighted by Gasteiger charge is -2.37. The molecule has 2 aromatic carbocycles. The van der Waals surface area contributed by atoms with E-state index in [1.807, 2.05) is 60.0 Å². The quantitative estimate of drug-likeness (QED) is 0.303. The Hall–Kier alpha value is -3.40. The maximum absolute atomic E-state index is 12.1. The predicted octanol–water partition coefficient (Wildman–Crippen LogP) is 4.67. The van der Waals surface area contributed by atoms with Crippen LogP contribution < -0.4 is 16.0 Å². The zero-order valence-corrected chi connectivity index (χ0v) is 22.7. The number of hydrogen-bond acceptors (Lipinski definition) is 7. The second-order valence-corrected chi connectivity index (χ2v) is 10.8. The molecule has 1 aliphatic rings. The molecule has 0 radical (unpaired) electrons. The second kappa shape index (κ2) is 10.4. The van der Waals surface area contributed by atoms with E-state index in [9.17, 15) is 9.90 Å². The summed E-state index contributed by atoms with van der Waals surface area (Å²) in [5.74, 6) is 1.31. The highest BCUT2D eigenvalue weighted by Gasteiger charge is 2.36. The number of nitrogens with two attached hydrogens (primary N) is 1. The van der Waals surface area contributed by atoms with Crippen LogP contribution in [0, 0.1) is 5.41 Å². The van der Waals surface area contributed by atoms with Crippen LogP contribution in [0.1, 0.15) is 26.7 Å². The number of nitrogens with zero attached hydrogens (tertiary/aromatic N) is 5. The molecule has 198 valence electrons. The van der Waals surface area contributed by atoms with E-state index >= 15 is 0 Å². The van der Waals surface area contributed by atoms with E-state index in [-0.39, 0.29) is 12.5 Å². The fraction of sp³-hybridized carbons (Fsp3) is 0.333. The average molecular weight is 554 g/mol. The Morgan fingerprint density at radius 2 is 1.79 bits per heavy atom. The van der Waals surface area contributed by atoms with E-state index in [0.717, 1.165) is 11.3 Å². The summed E-state index contributed by atoms with van der Waals surface area (Å²) in [6.45, 7) is 5.03. The van der Waals surface area contributed by atoms with Gasteiger partial charge in [0.2, 0.25) is 11.9 Å².